The lowest BCUT2D eigenvalue weighted by Gasteiger charge is -2.10. The van der Waals surface area contributed by atoms with Crippen molar-refractivity contribution in [3.63, 3.8) is 0 Å². The summed E-state index contributed by atoms with van der Waals surface area (Å²) >= 11 is 9.39. The van der Waals surface area contributed by atoms with Crippen molar-refractivity contribution in [2.45, 2.75) is 13.2 Å². The molecule has 0 aliphatic rings. The zero-order valence-corrected chi connectivity index (χ0v) is 20.3. The Morgan fingerprint density at radius 3 is 2.56 bits per heavy atom. The van der Waals surface area contributed by atoms with Crippen LogP contribution < -0.4 is 20.2 Å². The normalized spacial score (nSPS) is 10.7. The standard InChI is InChI=1S/C24H20BrClFN3O4/c1-33-17-8-5-15(6-9-17)12-28-23(31)24(32)30-29-13-16-7-10-22(19(25)11-16)34-14-18-20(26)3-2-4-21(18)27/h2-11,13H,12,14H2,1H3,(H,28,31)(H,30,32)/b29-13-. The Labute approximate surface area is 209 Å². The fourth-order valence-electron chi connectivity index (χ4n) is 2.76. The van der Waals surface area contributed by atoms with E-state index in [1.165, 1.54) is 18.3 Å². The first kappa shape index (κ1) is 25.2. The van der Waals surface area contributed by atoms with Crippen LogP contribution >= 0.6 is 27.5 Å². The number of ether oxygens (including phenoxy) is 2. The molecule has 34 heavy (non-hydrogen) atoms. The minimum Gasteiger partial charge on any atom is -0.497 e. The van der Waals surface area contributed by atoms with Crippen molar-refractivity contribution in [2.75, 3.05) is 7.11 Å². The first-order valence-electron chi connectivity index (χ1n) is 9.96. The molecule has 0 unspecified atom stereocenters. The van der Waals surface area contributed by atoms with Crippen molar-refractivity contribution >= 4 is 45.6 Å². The summed E-state index contributed by atoms with van der Waals surface area (Å²) in [6.07, 6.45) is 1.37. The highest BCUT2D eigenvalue weighted by atomic mass is 79.9. The molecule has 0 atom stereocenters. The lowest BCUT2D eigenvalue weighted by molar-refractivity contribution is -0.139. The smallest absolute Gasteiger partial charge is 0.329 e. The van der Waals surface area contributed by atoms with E-state index in [1.54, 1.807) is 55.6 Å². The molecule has 0 aromatic heterocycles. The van der Waals surface area contributed by atoms with Crippen LogP contribution in [0.5, 0.6) is 11.5 Å². The number of amides is 2. The van der Waals surface area contributed by atoms with E-state index in [0.717, 1.165) is 5.56 Å². The molecular weight excluding hydrogens is 529 g/mol. The number of hydrogen-bond acceptors (Lipinski definition) is 5. The number of benzene rings is 3. The third-order valence-corrected chi connectivity index (χ3v) is 5.56. The first-order chi connectivity index (χ1) is 16.4. The number of rotatable bonds is 8. The molecule has 2 amide bonds. The number of methoxy groups -OCH3 is 1. The number of hydrogen-bond donors (Lipinski definition) is 2. The van der Waals surface area contributed by atoms with E-state index >= 15 is 0 Å². The van der Waals surface area contributed by atoms with E-state index in [9.17, 15) is 14.0 Å². The molecule has 3 aromatic rings. The summed E-state index contributed by atoms with van der Waals surface area (Å²) in [6, 6.07) is 16.5. The van der Waals surface area contributed by atoms with Gasteiger partial charge >= 0.3 is 11.8 Å². The molecule has 2 N–H and O–H groups in total. The van der Waals surface area contributed by atoms with Crippen LogP contribution in [-0.2, 0) is 22.7 Å². The van der Waals surface area contributed by atoms with Gasteiger partial charge in [-0.3, -0.25) is 9.59 Å². The first-order valence-corrected chi connectivity index (χ1v) is 11.1. The van der Waals surface area contributed by atoms with Crippen molar-refractivity contribution in [3.05, 3.63) is 92.7 Å². The Bertz CT molecular complexity index is 1190. The lowest BCUT2D eigenvalue weighted by atomic mass is 10.2. The Hall–Kier alpha value is -3.43. The minimum atomic E-state index is -0.898. The molecule has 176 valence electrons. The molecule has 0 fully saturated rings. The summed E-state index contributed by atoms with van der Waals surface area (Å²) in [6.45, 7) is 0.145. The second kappa shape index (κ2) is 12.2. The molecule has 0 spiro atoms. The molecule has 0 saturated carbocycles. The predicted molar refractivity (Wildman–Crippen MR) is 130 cm³/mol. The number of carbonyl (C=O) groups is 2. The number of nitrogens with one attached hydrogen (secondary N) is 2. The van der Waals surface area contributed by atoms with Gasteiger partial charge in [-0.2, -0.15) is 5.10 Å². The highest BCUT2D eigenvalue weighted by Gasteiger charge is 2.12. The lowest BCUT2D eigenvalue weighted by Crippen LogP contribution is -2.37. The molecule has 7 nitrogen and oxygen atoms in total. The average Bonchev–Trinajstić information content (AvgIpc) is 2.83. The second-order valence-corrected chi connectivity index (χ2v) is 8.17. The molecule has 0 radical (unpaired) electrons. The van der Waals surface area contributed by atoms with Crippen molar-refractivity contribution in [1.29, 1.82) is 0 Å². The van der Waals surface area contributed by atoms with Crippen LogP contribution in [0, 0.1) is 5.82 Å². The van der Waals surface area contributed by atoms with Crippen molar-refractivity contribution < 1.29 is 23.5 Å². The van der Waals surface area contributed by atoms with Crippen molar-refractivity contribution in [1.82, 2.24) is 10.7 Å². The SMILES string of the molecule is COc1ccc(CNC(=O)C(=O)N/N=C\c2ccc(OCc3c(F)cccc3Cl)c(Br)c2)cc1. The number of hydrazone groups is 1. The van der Waals surface area contributed by atoms with Gasteiger partial charge in [-0.05, 0) is 69.5 Å². The van der Waals surface area contributed by atoms with E-state index in [0.29, 0.717) is 21.5 Å². The van der Waals surface area contributed by atoms with Gasteiger partial charge < -0.3 is 14.8 Å². The third kappa shape index (κ3) is 7.03. The average molecular weight is 549 g/mol. The van der Waals surface area contributed by atoms with Crippen molar-refractivity contribution in [2.24, 2.45) is 5.10 Å². The monoisotopic (exact) mass is 547 g/mol. The Morgan fingerprint density at radius 2 is 1.88 bits per heavy atom. The van der Waals surface area contributed by atoms with Gasteiger partial charge in [0.25, 0.3) is 0 Å². The van der Waals surface area contributed by atoms with Crippen LogP contribution in [0.15, 0.2) is 70.2 Å². The molecule has 3 aromatic carbocycles. The third-order valence-electron chi connectivity index (χ3n) is 4.59. The molecule has 0 aliphatic heterocycles. The van der Waals surface area contributed by atoms with Gasteiger partial charge in [-0.1, -0.05) is 29.8 Å². The zero-order valence-electron chi connectivity index (χ0n) is 18.0. The van der Waals surface area contributed by atoms with Crippen LogP contribution in [0.1, 0.15) is 16.7 Å². The molecule has 10 heteroatoms. The maximum Gasteiger partial charge on any atom is 0.329 e. The maximum absolute atomic E-state index is 13.9. The summed E-state index contributed by atoms with van der Waals surface area (Å²) in [5, 5.41) is 6.59. The van der Waals surface area contributed by atoms with Crippen LogP contribution in [0.3, 0.4) is 0 Å². The van der Waals surface area contributed by atoms with Gasteiger partial charge in [0.15, 0.2) is 0 Å². The van der Waals surface area contributed by atoms with Gasteiger partial charge in [0.1, 0.15) is 23.9 Å². The van der Waals surface area contributed by atoms with Gasteiger partial charge in [0, 0.05) is 12.1 Å². The predicted octanol–water partition coefficient (Wildman–Crippen LogP) is 4.60. The molecule has 0 heterocycles. The van der Waals surface area contributed by atoms with Gasteiger partial charge in [-0.15, -0.1) is 0 Å². The Balaban J connectivity index is 1.49. The number of halogens is 3. The molecular formula is C24H20BrClFN3O4. The zero-order chi connectivity index (χ0) is 24.5. The largest absolute Gasteiger partial charge is 0.497 e. The molecule has 0 aliphatic carbocycles. The van der Waals surface area contributed by atoms with Crippen molar-refractivity contribution in [3.8, 4) is 11.5 Å². The fourth-order valence-corrected chi connectivity index (χ4v) is 3.49. The highest BCUT2D eigenvalue weighted by molar-refractivity contribution is 9.10. The van der Waals surface area contributed by atoms with Crippen LogP contribution in [0.4, 0.5) is 4.39 Å². The van der Waals surface area contributed by atoms with Gasteiger partial charge in [0.05, 0.1) is 22.8 Å². The number of carbonyl (C=O) groups excluding carboxylic acids is 2. The Morgan fingerprint density at radius 1 is 1.12 bits per heavy atom. The van der Waals surface area contributed by atoms with E-state index in [-0.39, 0.29) is 23.7 Å². The summed E-state index contributed by atoms with van der Waals surface area (Å²) in [4.78, 5) is 23.9. The topological polar surface area (TPSA) is 89.0 Å². The molecule has 3 rings (SSSR count). The summed E-state index contributed by atoms with van der Waals surface area (Å²) in [5.74, 6) is -0.993. The van der Waals surface area contributed by atoms with Gasteiger partial charge in [0.2, 0.25) is 0 Å². The number of nitrogens with zero attached hydrogens (tertiary/aromatic N) is 1. The quantitative estimate of drug-likeness (QED) is 0.245. The molecule has 0 bridgehead atoms. The van der Waals surface area contributed by atoms with E-state index in [2.05, 4.69) is 31.8 Å². The Kier molecular flexibility index (Phi) is 9.00. The van der Waals surface area contributed by atoms with E-state index in [1.807, 2.05) is 0 Å². The maximum atomic E-state index is 13.9. The van der Waals surface area contributed by atoms with Crippen LogP contribution in [-0.4, -0.2) is 25.1 Å². The van der Waals surface area contributed by atoms with E-state index < -0.39 is 17.6 Å². The highest BCUT2D eigenvalue weighted by Crippen LogP contribution is 2.28. The minimum absolute atomic E-state index is 0.0424. The summed E-state index contributed by atoms with van der Waals surface area (Å²) in [7, 11) is 1.56. The fraction of sp³-hybridized carbons (Fsp3) is 0.125. The molecule has 0 saturated heterocycles. The van der Waals surface area contributed by atoms with Gasteiger partial charge in [-0.25, -0.2) is 9.82 Å². The van der Waals surface area contributed by atoms with Crippen LogP contribution in [0.2, 0.25) is 5.02 Å². The summed E-state index contributed by atoms with van der Waals surface area (Å²) in [5.41, 5.74) is 3.87. The van der Waals surface area contributed by atoms with E-state index in [4.69, 9.17) is 21.1 Å². The second-order valence-electron chi connectivity index (χ2n) is 6.91. The van der Waals surface area contributed by atoms with Crippen LogP contribution in [0.25, 0.3) is 0 Å². The summed E-state index contributed by atoms with van der Waals surface area (Å²) < 4.78 is 25.2.